The zero-order chi connectivity index (χ0) is 36.2. The molecule has 4 amide bonds. The van der Waals surface area contributed by atoms with Crippen molar-refractivity contribution in [1.82, 2.24) is 38.8 Å². The molecule has 6 aromatic rings. The molecule has 0 spiro atoms. The summed E-state index contributed by atoms with van der Waals surface area (Å²) in [7, 11) is 3.63. The first kappa shape index (κ1) is 38.2. The maximum atomic E-state index is 12.3. The van der Waals surface area contributed by atoms with Gasteiger partial charge in [0.15, 0.2) is 0 Å². The summed E-state index contributed by atoms with van der Waals surface area (Å²) in [5.74, 6) is 0.452. The maximum absolute atomic E-state index is 12.3. The molecular formula is C40H46Cl2N8O2. The second kappa shape index (κ2) is 16.5. The van der Waals surface area contributed by atoms with Crippen molar-refractivity contribution in [2.24, 2.45) is 0 Å². The summed E-state index contributed by atoms with van der Waals surface area (Å²) in [4.78, 5) is 37.6. The number of carbonyl (C=O) groups excluding carboxylic acids is 2. The average Bonchev–Trinajstić information content (AvgIpc) is 3.87. The number of benzene rings is 2. The molecule has 272 valence electrons. The molecule has 6 heterocycles. The molecule has 2 saturated heterocycles. The Morgan fingerprint density at radius 2 is 1.12 bits per heavy atom. The van der Waals surface area contributed by atoms with Gasteiger partial charge in [0.1, 0.15) is 11.3 Å². The fourth-order valence-electron chi connectivity index (χ4n) is 6.16. The Hall–Kier alpha value is -5.06. The van der Waals surface area contributed by atoms with Crippen LogP contribution in [0.4, 0.5) is 9.59 Å². The van der Waals surface area contributed by atoms with E-state index in [1.807, 2.05) is 24.1 Å². The van der Waals surface area contributed by atoms with E-state index in [1.165, 1.54) is 22.3 Å². The highest BCUT2D eigenvalue weighted by Crippen LogP contribution is 2.28. The van der Waals surface area contributed by atoms with Crippen LogP contribution in [0.25, 0.3) is 33.8 Å². The summed E-state index contributed by atoms with van der Waals surface area (Å²) in [6.07, 6.45) is 4.18. The summed E-state index contributed by atoms with van der Waals surface area (Å²) >= 11 is 6.13. The molecule has 12 heteroatoms. The quantitative estimate of drug-likeness (QED) is 0.182. The van der Waals surface area contributed by atoms with Crippen molar-refractivity contribution in [3.05, 3.63) is 119 Å². The minimum absolute atomic E-state index is 0. The van der Waals surface area contributed by atoms with Crippen LogP contribution in [-0.4, -0.2) is 85.8 Å². The molecular weight excluding hydrogens is 695 g/mol. The fraction of sp³-hybridized carbons (Fsp3) is 0.300. The van der Waals surface area contributed by atoms with Crippen molar-refractivity contribution in [2.45, 2.75) is 40.1 Å². The van der Waals surface area contributed by atoms with Gasteiger partial charge in [-0.25, -0.2) is 19.6 Å². The van der Waals surface area contributed by atoms with Gasteiger partial charge in [0.2, 0.25) is 0 Å². The van der Waals surface area contributed by atoms with Crippen LogP contribution in [0.1, 0.15) is 33.6 Å². The number of carbonyl (C=O) groups is 2. The Morgan fingerprint density at radius 1 is 0.635 bits per heavy atom. The molecule has 2 aliphatic heterocycles. The molecule has 0 unspecified atom stereocenters. The van der Waals surface area contributed by atoms with Gasteiger partial charge >= 0.3 is 12.1 Å². The smallest absolute Gasteiger partial charge is 0.320 e. The van der Waals surface area contributed by atoms with Gasteiger partial charge < -0.3 is 28.8 Å². The molecule has 0 saturated carbocycles. The van der Waals surface area contributed by atoms with Crippen LogP contribution in [0.5, 0.6) is 0 Å². The zero-order valence-electron chi connectivity index (χ0n) is 30.6. The molecule has 1 N–H and O–H groups in total. The van der Waals surface area contributed by atoms with Crippen molar-refractivity contribution >= 4 is 47.4 Å². The van der Waals surface area contributed by atoms with Gasteiger partial charge in [-0.2, -0.15) is 0 Å². The average molecular weight is 742 g/mol. The lowest BCUT2D eigenvalue weighted by molar-refractivity contribution is 0.196. The standard InChI is InChI=1S/C20H22N4O.C16H15ClN2.C4H8N2O.ClH/c1-14-4-7-16(8-5-14)19-17(13-23-11-10-22(3)20(23)25)24-12-15(2)6-9-18(24)21-19;1-11-3-6-13(7-4-11)16-14(9-17)19-10-12(2)5-8-15(19)18-16;1-6-3-2-5-4(6)7;/h4-9,12H,10-11,13H2,1-3H3;3-8,10H,9H2,1-2H3;2-3H2,1H3,(H,5,7);1H. The van der Waals surface area contributed by atoms with Crippen LogP contribution in [0.2, 0.25) is 0 Å². The number of hydrogen-bond donors (Lipinski definition) is 1. The van der Waals surface area contributed by atoms with E-state index in [0.29, 0.717) is 12.4 Å². The van der Waals surface area contributed by atoms with Crippen molar-refractivity contribution in [3.8, 4) is 22.5 Å². The molecule has 10 nitrogen and oxygen atoms in total. The lowest BCUT2D eigenvalue weighted by Crippen LogP contribution is -2.29. The number of aryl methyl sites for hydroxylation is 4. The number of urea groups is 2. The Labute approximate surface area is 316 Å². The number of amides is 4. The van der Waals surface area contributed by atoms with E-state index >= 15 is 0 Å². The summed E-state index contributed by atoms with van der Waals surface area (Å²) < 4.78 is 4.20. The monoisotopic (exact) mass is 740 g/mol. The van der Waals surface area contributed by atoms with Gasteiger partial charge in [-0.15, -0.1) is 24.0 Å². The van der Waals surface area contributed by atoms with E-state index in [0.717, 1.165) is 71.4 Å². The minimum Gasteiger partial charge on any atom is -0.336 e. The fourth-order valence-corrected chi connectivity index (χ4v) is 6.42. The molecule has 0 atom stereocenters. The first-order valence-corrected chi connectivity index (χ1v) is 17.7. The predicted octanol–water partition coefficient (Wildman–Crippen LogP) is 7.91. The number of halogens is 2. The number of alkyl halides is 1. The van der Waals surface area contributed by atoms with Crippen molar-refractivity contribution in [1.29, 1.82) is 0 Å². The van der Waals surface area contributed by atoms with E-state index < -0.39 is 0 Å². The largest absolute Gasteiger partial charge is 0.336 e. The van der Waals surface area contributed by atoms with Gasteiger partial charge in [-0.3, -0.25) is 0 Å². The Kier molecular flexibility index (Phi) is 12.1. The van der Waals surface area contributed by atoms with Crippen LogP contribution in [0.15, 0.2) is 85.2 Å². The SMILES string of the molecule is CN1CCNC1=O.Cc1ccc(-c2nc3ccc(C)cn3c2CCl)cc1.Cc1ccc(-c2nc3ccc(C)cn3c2CN2CCN(C)C2=O)cc1.Cl. The highest BCUT2D eigenvalue weighted by molar-refractivity contribution is 6.17. The van der Waals surface area contributed by atoms with E-state index in [-0.39, 0.29) is 24.5 Å². The van der Waals surface area contributed by atoms with Crippen LogP contribution in [-0.2, 0) is 12.4 Å². The number of imidazole rings is 2. The van der Waals surface area contributed by atoms with Crippen molar-refractivity contribution < 1.29 is 9.59 Å². The highest BCUT2D eigenvalue weighted by atomic mass is 35.5. The van der Waals surface area contributed by atoms with E-state index in [9.17, 15) is 9.59 Å². The number of likely N-dealkylation sites (N-methyl/N-ethyl adjacent to an activating group) is 2. The molecule has 0 aliphatic carbocycles. The lowest BCUT2D eigenvalue weighted by atomic mass is 10.1. The van der Waals surface area contributed by atoms with E-state index in [4.69, 9.17) is 21.6 Å². The normalized spacial score (nSPS) is 13.9. The Bertz CT molecular complexity index is 2180. The van der Waals surface area contributed by atoms with Gasteiger partial charge in [-0.1, -0.05) is 71.8 Å². The predicted molar refractivity (Wildman–Crippen MR) is 211 cm³/mol. The molecule has 2 aliphatic rings. The third-order valence-electron chi connectivity index (χ3n) is 9.22. The Balaban J connectivity index is 0.000000171. The molecule has 4 aromatic heterocycles. The second-order valence-electron chi connectivity index (χ2n) is 13.3. The first-order chi connectivity index (χ1) is 24.5. The molecule has 0 bridgehead atoms. The van der Waals surface area contributed by atoms with Gasteiger partial charge in [0.05, 0.1) is 35.2 Å². The third-order valence-corrected chi connectivity index (χ3v) is 9.47. The maximum Gasteiger partial charge on any atom is 0.320 e. The number of nitrogens with zero attached hydrogens (tertiary/aromatic N) is 7. The number of rotatable bonds is 5. The van der Waals surface area contributed by atoms with Gasteiger partial charge in [-0.05, 0) is 51.0 Å². The van der Waals surface area contributed by atoms with E-state index in [1.54, 1.807) is 16.8 Å². The molecule has 0 radical (unpaired) electrons. The number of aromatic nitrogens is 4. The van der Waals surface area contributed by atoms with Crippen LogP contribution < -0.4 is 5.32 Å². The van der Waals surface area contributed by atoms with Crippen molar-refractivity contribution in [2.75, 3.05) is 40.3 Å². The first-order valence-electron chi connectivity index (χ1n) is 17.2. The number of nitrogens with one attached hydrogen (secondary N) is 1. The van der Waals surface area contributed by atoms with Gasteiger partial charge in [0, 0.05) is 63.8 Å². The van der Waals surface area contributed by atoms with Crippen LogP contribution in [0.3, 0.4) is 0 Å². The van der Waals surface area contributed by atoms with E-state index in [2.05, 4.69) is 115 Å². The van der Waals surface area contributed by atoms with Crippen LogP contribution >= 0.6 is 24.0 Å². The zero-order valence-corrected chi connectivity index (χ0v) is 32.1. The summed E-state index contributed by atoms with van der Waals surface area (Å²) in [6.45, 7) is 12.0. The number of pyridine rings is 2. The molecule has 2 fully saturated rings. The number of fused-ring (bicyclic) bond motifs is 2. The van der Waals surface area contributed by atoms with Crippen LogP contribution in [0, 0.1) is 27.7 Å². The molecule has 8 rings (SSSR count). The topological polar surface area (TPSA) is 90.5 Å². The lowest BCUT2D eigenvalue weighted by Gasteiger charge is -2.17. The second-order valence-corrected chi connectivity index (χ2v) is 13.6. The molecule has 2 aromatic carbocycles. The van der Waals surface area contributed by atoms with Crippen molar-refractivity contribution in [3.63, 3.8) is 0 Å². The summed E-state index contributed by atoms with van der Waals surface area (Å²) in [6, 6.07) is 25.1. The molecule has 52 heavy (non-hydrogen) atoms. The van der Waals surface area contributed by atoms with Gasteiger partial charge in [0.25, 0.3) is 0 Å². The Morgan fingerprint density at radius 3 is 1.52 bits per heavy atom. The highest BCUT2D eigenvalue weighted by Gasteiger charge is 2.27. The minimum atomic E-state index is 0. The number of hydrogen-bond acceptors (Lipinski definition) is 4. The third kappa shape index (κ3) is 8.35. The summed E-state index contributed by atoms with van der Waals surface area (Å²) in [5.41, 5.74) is 12.9. The summed E-state index contributed by atoms with van der Waals surface area (Å²) in [5, 5.41) is 2.66.